The summed E-state index contributed by atoms with van der Waals surface area (Å²) in [6.45, 7) is 4.58. The molecule has 2 aliphatic carbocycles. The van der Waals surface area contributed by atoms with Gasteiger partial charge in [0.05, 0.1) is 0 Å². The molecule has 2 heteroatoms. The zero-order chi connectivity index (χ0) is 42.4. The second-order valence-corrected chi connectivity index (χ2v) is 18.6. The molecule has 0 saturated heterocycles. The van der Waals surface area contributed by atoms with Crippen molar-refractivity contribution in [2.24, 2.45) is 0 Å². The van der Waals surface area contributed by atoms with E-state index in [9.17, 15) is 0 Å². The summed E-state index contributed by atoms with van der Waals surface area (Å²) in [6.07, 6.45) is 25.6. The summed E-state index contributed by atoms with van der Waals surface area (Å²) in [7, 11) is 0. The van der Waals surface area contributed by atoms with Crippen LogP contribution in [0, 0.1) is 0 Å². The molecular formula is C60H72N2. The summed E-state index contributed by atoms with van der Waals surface area (Å²) < 4.78 is 0. The first-order chi connectivity index (χ1) is 30.6. The van der Waals surface area contributed by atoms with Gasteiger partial charge in [0.1, 0.15) is 0 Å². The lowest BCUT2D eigenvalue weighted by Gasteiger charge is -2.39. The van der Waals surface area contributed by atoms with Gasteiger partial charge >= 0.3 is 0 Å². The summed E-state index contributed by atoms with van der Waals surface area (Å²) in [6, 6.07) is 58.5. The Morgan fingerprint density at radius 3 is 1.21 bits per heavy atom. The Kier molecular flexibility index (Phi) is 15.3. The molecule has 2 saturated carbocycles. The average molecular weight is 821 g/mol. The van der Waals surface area contributed by atoms with Gasteiger partial charge in [-0.1, -0.05) is 170 Å². The van der Waals surface area contributed by atoms with E-state index in [1.165, 1.54) is 178 Å². The van der Waals surface area contributed by atoms with Crippen LogP contribution in [0.1, 0.15) is 163 Å². The maximum atomic E-state index is 2.48. The van der Waals surface area contributed by atoms with Gasteiger partial charge in [-0.05, 0) is 158 Å². The summed E-state index contributed by atoms with van der Waals surface area (Å²) in [5, 5.41) is 0. The molecule has 322 valence electrons. The fourth-order valence-electron chi connectivity index (χ4n) is 10.7. The highest BCUT2D eigenvalue weighted by molar-refractivity contribution is 5.78. The molecule has 0 bridgehead atoms. The van der Waals surface area contributed by atoms with Crippen LogP contribution in [0.15, 0.2) is 152 Å². The van der Waals surface area contributed by atoms with E-state index in [1.54, 1.807) is 0 Å². The number of anilines is 6. The minimum atomic E-state index is -0.00178. The van der Waals surface area contributed by atoms with Crippen LogP contribution >= 0.6 is 0 Å². The number of hydrogen-bond donors (Lipinski definition) is 0. The van der Waals surface area contributed by atoms with Gasteiger partial charge in [-0.25, -0.2) is 0 Å². The zero-order valence-corrected chi connectivity index (χ0v) is 38.0. The zero-order valence-electron chi connectivity index (χ0n) is 38.0. The Labute approximate surface area is 375 Å². The number of para-hydroxylation sites is 1. The molecule has 2 nitrogen and oxygen atoms in total. The van der Waals surface area contributed by atoms with Crippen molar-refractivity contribution >= 4 is 34.1 Å². The van der Waals surface area contributed by atoms with Gasteiger partial charge in [-0.3, -0.25) is 0 Å². The molecule has 0 aliphatic heterocycles. The van der Waals surface area contributed by atoms with Gasteiger partial charge < -0.3 is 9.80 Å². The smallest absolute Gasteiger partial charge is 0.0461 e. The van der Waals surface area contributed by atoms with Gasteiger partial charge in [0.25, 0.3) is 0 Å². The highest BCUT2D eigenvalue weighted by atomic mass is 15.1. The molecule has 2 aliphatic rings. The Morgan fingerprint density at radius 2 is 0.774 bits per heavy atom. The van der Waals surface area contributed by atoms with Crippen molar-refractivity contribution in [2.45, 2.75) is 154 Å². The topological polar surface area (TPSA) is 6.48 Å². The summed E-state index contributed by atoms with van der Waals surface area (Å²) in [5.74, 6) is 0.705. The second kappa shape index (κ2) is 21.8. The maximum Gasteiger partial charge on any atom is 0.0461 e. The molecule has 0 amide bonds. The number of benzene rings is 6. The Hall–Kier alpha value is -5.08. The van der Waals surface area contributed by atoms with E-state index in [0.29, 0.717) is 5.92 Å². The molecule has 0 atom stereocenters. The molecule has 0 N–H and O–H groups in total. The van der Waals surface area contributed by atoms with Crippen molar-refractivity contribution in [3.8, 4) is 0 Å². The van der Waals surface area contributed by atoms with Crippen molar-refractivity contribution < 1.29 is 0 Å². The fraction of sp³-hybridized carbons (Fsp3) is 0.400. The molecule has 0 heterocycles. The molecule has 2 fully saturated rings. The number of nitrogens with zero attached hydrogens (tertiary/aromatic N) is 2. The Morgan fingerprint density at radius 1 is 0.387 bits per heavy atom. The van der Waals surface area contributed by atoms with Crippen molar-refractivity contribution in [3.05, 3.63) is 179 Å². The van der Waals surface area contributed by atoms with E-state index in [1.807, 2.05) is 0 Å². The molecule has 0 aromatic heterocycles. The standard InChI is InChI=1S/C60H72N2/c1-3-5-7-12-20-48-26-36-55(37-27-48)61(54-24-16-10-17-25-54)58-42-32-52(33-43-58)60(46-18-11-19-47-60)53-34-44-59(45-35-53)62(56-38-28-49(29-39-56)21-13-8-6-4-2)57-40-30-51(31-41-57)50-22-14-9-15-23-50/h10,16-17,24-45,50H,3-9,11-15,18-23,46-47H2,1-2H3. The van der Waals surface area contributed by atoms with Gasteiger partial charge in [-0.2, -0.15) is 0 Å². The summed E-state index contributed by atoms with van der Waals surface area (Å²) in [5.41, 5.74) is 14.5. The fourth-order valence-corrected chi connectivity index (χ4v) is 10.7. The highest BCUT2D eigenvalue weighted by Gasteiger charge is 2.36. The van der Waals surface area contributed by atoms with Crippen LogP contribution in [0.5, 0.6) is 0 Å². The van der Waals surface area contributed by atoms with Crippen molar-refractivity contribution in [2.75, 3.05) is 9.80 Å². The lowest BCUT2D eigenvalue weighted by molar-refractivity contribution is 0.346. The number of hydrogen-bond acceptors (Lipinski definition) is 2. The molecule has 6 aromatic rings. The van der Waals surface area contributed by atoms with Crippen molar-refractivity contribution in [1.82, 2.24) is 0 Å². The van der Waals surface area contributed by atoms with E-state index >= 15 is 0 Å². The monoisotopic (exact) mass is 821 g/mol. The third kappa shape index (κ3) is 10.6. The summed E-state index contributed by atoms with van der Waals surface area (Å²) in [4.78, 5) is 4.90. The van der Waals surface area contributed by atoms with E-state index < -0.39 is 0 Å². The molecule has 0 spiro atoms. The van der Waals surface area contributed by atoms with Crippen LogP contribution in [0.25, 0.3) is 0 Å². The second-order valence-electron chi connectivity index (χ2n) is 18.6. The maximum absolute atomic E-state index is 2.48. The first-order valence-corrected chi connectivity index (χ1v) is 24.8. The molecule has 62 heavy (non-hydrogen) atoms. The number of unbranched alkanes of at least 4 members (excludes halogenated alkanes) is 6. The minimum absolute atomic E-state index is 0.00178. The predicted octanol–water partition coefficient (Wildman–Crippen LogP) is 18.2. The van der Waals surface area contributed by atoms with Gasteiger partial charge in [0.2, 0.25) is 0 Å². The van der Waals surface area contributed by atoms with Gasteiger partial charge in [-0.15, -0.1) is 0 Å². The molecule has 0 radical (unpaired) electrons. The Balaban J connectivity index is 1.08. The third-order valence-corrected chi connectivity index (χ3v) is 14.3. The van der Waals surface area contributed by atoms with Crippen LogP contribution in [-0.4, -0.2) is 0 Å². The minimum Gasteiger partial charge on any atom is -0.311 e. The number of rotatable bonds is 19. The van der Waals surface area contributed by atoms with Crippen LogP contribution in [-0.2, 0) is 18.3 Å². The van der Waals surface area contributed by atoms with Crippen molar-refractivity contribution in [3.63, 3.8) is 0 Å². The van der Waals surface area contributed by atoms with Crippen LogP contribution < -0.4 is 9.80 Å². The predicted molar refractivity (Wildman–Crippen MR) is 268 cm³/mol. The quantitative estimate of drug-likeness (QED) is 0.0751. The first kappa shape index (κ1) is 43.6. The molecule has 6 aromatic carbocycles. The van der Waals surface area contributed by atoms with Crippen molar-refractivity contribution in [1.29, 1.82) is 0 Å². The highest BCUT2D eigenvalue weighted by Crippen LogP contribution is 2.47. The first-order valence-electron chi connectivity index (χ1n) is 24.8. The lowest BCUT2D eigenvalue weighted by atomic mass is 9.65. The van der Waals surface area contributed by atoms with Crippen LogP contribution in [0.4, 0.5) is 34.1 Å². The number of aryl methyl sites for hydroxylation is 2. The normalized spacial score (nSPS) is 15.3. The molecule has 8 rings (SSSR count). The van der Waals surface area contributed by atoms with E-state index in [0.717, 1.165) is 12.8 Å². The molecular weight excluding hydrogens is 749 g/mol. The van der Waals surface area contributed by atoms with Gasteiger partial charge in [0.15, 0.2) is 0 Å². The lowest BCUT2D eigenvalue weighted by Crippen LogP contribution is -2.30. The van der Waals surface area contributed by atoms with E-state index in [4.69, 9.17) is 0 Å². The average Bonchev–Trinajstić information content (AvgIpc) is 3.34. The summed E-state index contributed by atoms with van der Waals surface area (Å²) >= 11 is 0. The Bertz CT molecular complexity index is 2190. The van der Waals surface area contributed by atoms with E-state index in [2.05, 4.69) is 175 Å². The van der Waals surface area contributed by atoms with Crippen LogP contribution in [0.2, 0.25) is 0 Å². The largest absolute Gasteiger partial charge is 0.311 e. The third-order valence-electron chi connectivity index (χ3n) is 14.3. The van der Waals surface area contributed by atoms with Crippen LogP contribution in [0.3, 0.4) is 0 Å². The van der Waals surface area contributed by atoms with Gasteiger partial charge in [0, 0.05) is 39.5 Å². The SMILES string of the molecule is CCCCCCc1ccc(N(c2ccccc2)c2ccc(C3(c4ccc(N(c5ccc(CCCCCC)cc5)c5ccc(C6CCCCC6)cc5)cc4)CCCCC3)cc2)cc1. The molecule has 0 unspecified atom stereocenters. The van der Waals surface area contributed by atoms with E-state index in [-0.39, 0.29) is 5.41 Å².